The van der Waals surface area contributed by atoms with Crippen molar-refractivity contribution in [2.75, 3.05) is 0 Å². The fourth-order valence-electron chi connectivity index (χ4n) is 5.50. The van der Waals surface area contributed by atoms with Crippen molar-refractivity contribution in [3.8, 4) is 33.4 Å². The highest BCUT2D eigenvalue weighted by atomic mass is 32.2. The lowest BCUT2D eigenvalue weighted by Gasteiger charge is -2.21. The molecule has 0 amide bonds. The Morgan fingerprint density at radius 2 is 1.14 bits per heavy atom. The lowest BCUT2D eigenvalue weighted by Crippen LogP contribution is -1.93. The number of fused-ring (bicyclic) bond motifs is 5. The summed E-state index contributed by atoms with van der Waals surface area (Å²) in [5.41, 5.74) is 9.33. The molecule has 0 radical (unpaired) electrons. The van der Waals surface area contributed by atoms with E-state index in [1.54, 1.807) is 0 Å². The zero-order valence-electron chi connectivity index (χ0n) is 19.4. The van der Waals surface area contributed by atoms with Gasteiger partial charge in [-0.1, -0.05) is 96.7 Å². The number of hydrogen-bond acceptors (Lipinski definition) is 2. The molecule has 1 aliphatic rings. The van der Waals surface area contributed by atoms with Gasteiger partial charge < -0.3 is 4.42 Å². The molecule has 8 rings (SSSR count). The Morgan fingerprint density at radius 3 is 2.00 bits per heavy atom. The van der Waals surface area contributed by atoms with E-state index >= 15 is 0 Å². The van der Waals surface area contributed by atoms with E-state index in [2.05, 4.69) is 109 Å². The van der Waals surface area contributed by atoms with Crippen LogP contribution in [0.4, 0.5) is 0 Å². The molecule has 1 nitrogen and oxygen atoms in total. The molecule has 0 unspecified atom stereocenters. The first-order chi connectivity index (χ1) is 17.8. The van der Waals surface area contributed by atoms with Gasteiger partial charge in [0.2, 0.25) is 0 Å². The summed E-state index contributed by atoms with van der Waals surface area (Å²) in [5.74, 6) is 0. The standard InChI is InChI=1S/C34H20OS/c1-2-9-30-26(7-1)27-17-15-25(20-31(27)35-30)22-13-11-21(12-14-22)24-16-18-32-29(19-24)28-8-3-5-23-6-4-10-33(36-32)34(23)28/h1-20H. The Morgan fingerprint density at radius 1 is 0.444 bits per heavy atom. The molecule has 168 valence electrons. The molecule has 0 bridgehead atoms. The largest absolute Gasteiger partial charge is 0.456 e. The second-order valence-electron chi connectivity index (χ2n) is 9.36. The lowest BCUT2D eigenvalue weighted by molar-refractivity contribution is 0.669. The van der Waals surface area contributed by atoms with Crippen LogP contribution < -0.4 is 0 Å². The molecule has 7 aromatic rings. The van der Waals surface area contributed by atoms with Crippen LogP contribution in [0.5, 0.6) is 0 Å². The van der Waals surface area contributed by atoms with E-state index in [0.29, 0.717) is 0 Å². The van der Waals surface area contributed by atoms with E-state index in [1.807, 2.05) is 23.9 Å². The zero-order valence-corrected chi connectivity index (χ0v) is 20.2. The maximum absolute atomic E-state index is 6.11. The highest BCUT2D eigenvalue weighted by Crippen LogP contribution is 2.48. The third-order valence-corrected chi connectivity index (χ3v) is 8.42. The normalized spacial score (nSPS) is 12.3. The van der Waals surface area contributed by atoms with Gasteiger partial charge in [-0.25, -0.2) is 0 Å². The maximum Gasteiger partial charge on any atom is 0.136 e. The third-order valence-electron chi connectivity index (χ3n) is 7.29. The molecule has 0 fully saturated rings. The summed E-state index contributed by atoms with van der Waals surface area (Å²) in [4.78, 5) is 2.66. The molecule has 0 saturated carbocycles. The topological polar surface area (TPSA) is 13.1 Å². The van der Waals surface area contributed by atoms with Crippen LogP contribution in [0.2, 0.25) is 0 Å². The van der Waals surface area contributed by atoms with Crippen LogP contribution in [0.1, 0.15) is 0 Å². The van der Waals surface area contributed by atoms with Gasteiger partial charge >= 0.3 is 0 Å². The molecule has 2 heteroatoms. The average Bonchev–Trinajstić information content (AvgIpc) is 3.31. The van der Waals surface area contributed by atoms with Gasteiger partial charge in [0.1, 0.15) is 11.2 Å². The van der Waals surface area contributed by atoms with Crippen molar-refractivity contribution in [3.63, 3.8) is 0 Å². The van der Waals surface area contributed by atoms with Crippen LogP contribution >= 0.6 is 11.8 Å². The van der Waals surface area contributed by atoms with Gasteiger partial charge in [-0.15, -0.1) is 0 Å². The molecule has 36 heavy (non-hydrogen) atoms. The Hall–Kier alpha value is -4.27. The highest BCUT2D eigenvalue weighted by Gasteiger charge is 2.19. The molecule has 0 aliphatic carbocycles. The van der Waals surface area contributed by atoms with Crippen LogP contribution in [0.15, 0.2) is 136 Å². The van der Waals surface area contributed by atoms with Gasteiger partial charge in [-0.05, 0) is 75.2 Å². The molecule has 6 aromatic carbocycles. The van der Waals surface area contributed by atoms with Crippen molar-refractivity contribution in [2.45, 2.75) is 9.79 Å². The van der Waals surface area contributed by atoms with Crippen molar-refractivity contribution in [3.05, 3.63) is 121 Å². The number of furan rings is 1. The Labute approximate surface area is 213 Å². The van der Waals surface area contributed by atoms with Crippen molar-refractivity contribution >= 4 is 44.5 Å². The lowest BCUT2D eigenvalue weighted by atomic mass is 9.94. The fourth-order valence-corrected chi connectivity index (χ4v) is 6.63. The van der Waals surface area contributed by atoms with Crippen LogP contribution in [0.25, 0.3) is 66.1 Å². The predicted octanol–water partition coefficient (Wildman–Crippen LogP) is 10.2. The molecule has 0 atom stereocenters. The first-order valence-corrected chi connectivity index (χ1v) is 13.0. The van der Waals surface area contributed by atoms with E-state index in [0.717, 1.165) is 16.6 Å². The molecular weight excluding hydrogens is 456 g/mol. The van der Waals surface area contributed by atoms with E-state index < -0.39 is 0 Å². The van der Waals surface area contributed by atoms with E-state index in [-0.39, 0.29) is 0 Å². The van der Waals surface area contributed by atoms with Crippen LogP contribution in [-0.2, 0) is 0 Å². The fraction of sp³-hybridized carbons (Fsp3) is 0. The molecule has 0 saturated heterocycles. The van der Waals surface area contributed by atoms with Gasteiger partial charge in [0.05, 0.1) is 0 Å². The first kappa shape index (κ1) is 20.0. The number of rotatable bonds is 2. The predicted molar refractivity (Wildman–Crippen MR) is 152 cm³/mol. The second kappa shape index (κ2) is 7.61. The maximum atomic E-state index is 6.11. The molecule has 2 heterocycles. The average molecular weight is 477 g/mol. The molecule has 1 aliphatic heterocycles. The third kappa shape index (κ3) is 2.98. The molecular formula is C34H20OS. The summed E-state index contributed by atoms with van der Waals surface area (Å²) in [6, 6.07) is 43.7. The van der Waals surface area contributed by atoms with Gasteiger partial charge in [0.25, 0.3) is 0 Å². The van der Waals surface area contributed by atoms with E-state index in [4.69, 9.17) is 4.42 Å². The summed E-state index contributed by atoms with van der Waals surface area (Å²) in [6.45, 7) is 0. The number of para-hydroxylation sites is 1. The van der Waals surface area contributed by atoms with Crippen LogP contribution in [0, 0.1) is 0 Å². The first-order valence-electron chi connectivity index (χ1n) is 12.2. The van der Waals surface area contributed by atoms with Crippen LogP contribution in [-0.4, -0.2) is 0 Å². The summed E-state index contributed by atoms with van der Waals surface area (Å²) < 4.78 is 6.11. The zero-order chi connectivity index (χ0) is 23.6. The Bertz CT molecular complexity index is 1960. The Balaban J connectivity index is 1.18. The minimum absolute atomic E-state index is 0.930. The van der Waals surface area contributed by atoms with Gasteiger partial charge in [0, 0.05) is 25.9 Å². The summed E-state index contributed by atoms with van der Waals surface area (Å²) >= 11 is 1.87. The van der Waals surface area contributed by atoms with Crippen molar-refractivity contribution in [1.29, 1.82) is 0 Å². The van der Waals surface area contributed by atoms with Crippen LogP contribution in [0.3, 0.4) is 0 Å². The Kier molecular flexibility index (Phi) is 4.22. The SMILES string of the molecule is c1cc2c3c(cccc3c1)-c1cc(-c3ccc(-c4ccc5c(c4)oc4ccccc45)cc3)ccc1S2. The monoisotopic (exact) mass is 476 g/mol. The molecule has 0 N–H and O–H groups in total. The second-order valence-corrected chi connectivity index (χ2v) is 10.4. The van der Waals surface area contributed by atoms with E-state index in [1.165, 1.54) is 59.3 Å². The van der Waals surface area contributed by atoms with Gasteiger partial charge in [0.15, 0.2) is 0 Å². The smallest absolute Gasteiger partial charge is 0.136 e. The van der Waals surface area contributed by atoms with E-state index in [9.17, 15) is 0 Å². The minimum Gasteiger partial charge on any atom is -0.456 e. The summed E-state index contributed by atoms with van der Waals surface area (Å²) in [6.07, 6.45) is 0. The minimum atomic E-state index is 0.930. The number of benzene rings is 6. The molecule has 1 aromatic heterocycles. The summed E-state index contributed by atoms with van der Waals surface area (Å²) in [7, 11) is 0. The van der Waals surface area contributed by atoms with Crippen molar-refractivity contribution < 1.29 is 4.42 Å². The number of hydrogen-bond donors (Lipinski definition) is 0. The van der Waals surface area contributed by atoms with Gasteiger partial charge in [-0.2, -0.15) is 0 Å². The molecule has 0 spiro atoms. The highest BCUT2D eigenvalue weighted by molar-refractivity contribution is 7.99. The quantitative estimate of drug-likeness (QED) is 0.246. The van der Waals surface area contributed by atoms with Crippen molar-refractivity contribution in [2.24, 2.45) is 0 Å². The summed E-state index contributed by atoms with van der Waals surface area (Å²) in [5, 5.41) is 5.00. The van der Waals surface area contributed by atoms with Gasteiger partial charge in [-0.3, -0.25) is 0 Å². The van der Waals surface area contributed by atoms with Crippen molar-refractivity contribution in [1.82, 2.24) is 0 Å².